The molecule has 1 nitrogen and oxygen atoms in total. The summed E-state index contributed by atoms with van der Waals surface area (Å²) in [5.41, 5.74) is -0.293. The molecule has 4 aromatic carbocycles. The highest BCUT2D eigenvalue weighted by Gasteiger charge is 2.40. The van der Waals surface area contributed by atoms with E-state index in [0.29, 0.717) is 10.8 Å². The van der Waals surface area contributed by atoms with Gasteiger partial charge < -0.3 is 0 Å². The predicted octanol–water partition coefficient (Wildman–Crippen LogP) is 5.33. The maximum Gasteiger partial charge on any atom is 0.454 e. The molecule has 0 aromatic heterocycles. The van der Waals surface area contributed by atoms with Crippen molar-refractivity contribution in [1.82, 2.24) is 0 Å². The van der Waals surface area contributed by atoms with Gasteiger partial charge in [-0.3, -0.25) is 4.79 Å². The first-order chi connectivity index (χ1) is 10.5. The Morgan fingerprint density at radius 1 is 0.727 bits per heavy atom. The van der Waals surface area contributed by atoms with Gasteiger partial charge in [-0.15, -0.1) is 0 Å². The van der Waals surface area contributed by atoms with E-state index in [1.165, 1.54) is 6.07 Å². The first-order valence-electron chi connectivity index (χ1n) is 6.75. The molecule has 0 aliphatic carbocycles. The molecule has 0 aliphatic rings. The first kappa shape index (κ1) is 13.1. The number of halogens is 3. The molecule has 22 heavy (non-hydrogen) atoms. The average molecular weight is 298 g/mol. The lowest BCUT2D eigenvalue weighted by molar-refractivity contribution is -0.0884. The van der Waals surface area contributed by atoms with Gasteiger partial charge in [-0.1, -0.05) is 48.5 Å². The molecule has 0 amide bonds. The van der Waals surface area contributed by atoms with E-state index in [4.69, 9.17) is 0 Å². The minimum atomic E-state index is -4.87. The number of ketones is 1. The van der Waals surface area contributed by atoms with Crippen molar-refractivity contribution in [3.8, 4) is 0 Å². The normalized spacial score (nSPS) is 12.5. The number of hydrogen-bond donors (Lipinski definition) is 0. The lowest BCUT2D eigenvalue weighted by Gasteiger charge is -2.14. The molecule has 0 N–H and O–H groups in total. The summed E-state index contributed by atoms with van der Waals surface area (Å²) in [5, 5.41) is 4.70. The van der Waals surface area contributed by atoms with Crippen LogP contribution in [0.5, 0.6) is 0 Å². The van der Waals surface area contributed by atoms with Crippen molar-refractivity contribution in [2.24, 2.45) is 0 Å². The van der Waals surface area contributed by atoms with Gasteiger partial charge in [-0.05, 0) is 38.4 Å². The fourth-order valence-electron chi connectivity index (χ4n) is 3.09. The van der Waals surface area contributed by atoms with Crippen LogP contribution in [-0.4, -0.2) is 12.0 Å². The predicted molar refractivity (Wildman–Crippen MR) is 80.5 cm³/mol. The zero-order valence-electron chi connectivity index (χ0n) is 11.2. The second-order valence-electron chi connectivity index (χ2n) is 5.30. The Balaban J connectivity index is 2.20. The Morgan fingerprint density at radius 3 is 1.91 bits per heavy atom. The third-order valence-electron chi connectivity index (χ3n) is 4.03. The summed E-state index contributed by atoms with van der Waals surface area (Å²) in [6.07, 6.45) is -4.87. The molecule has 4 aromatic rings. The topological polar surface area (TPSA) is 17.1 Å². The molecule has 0 atom stereocenters. The van der Waals surface area contributed by atoms with Crippen molar-refractivity contribution in [2.45, 2.75) is 6.18 Å². The Morgan fingerprint density at radius 2 is 1.27 bits per heavy atom. The Labute approximate surface area is 123 Å². The van der Waals surface area contributed by atoms with Crippen LogP contribution in [0.3, 0.4) is 0 Å². The van der Waals surface area contributed by atoms with Crippen molar-refractivity contribution in [1.29, 1.82) is 0 Å². The van der Waals surface area contributed by atoms with E-state index in [1.54, 1.807) is 18.2 Å². The first-order valence-corrected chi connectivity index (χ1v) is 6.75. The second kappa shape index (κ2) is 4.19. The van der Waals surface area contributed by atoms with Crippen molar-refractivity contribution in [2.75, 3.05) is 0 Å². The fourth-order valence-corrected chi connectivity index (χ4v) is 3.09. The number of Topliss-reactive ketones (excluding diaryl/α,β-unsaturated/α-hetero) is 1. The fraction of sp³-hybridized carbons (Fsp3) is 0.0556. The van der Waals surface area contributed by atoms with E-state index in [0.717, 1.165) is 21.5 Å². The van der Waals surface area contributed by atoms with E-state index < -0.39 is 12.0 Å². The minimum Gasteiger partial charge on any atom is -0.284 e. The average Bonchev–Trinajstić information content (AvgIpc) is 2.51. The summed E-state index contributed by atoms with van der Waals surface area (Å²) in [6, 6.07) is 15.7. The monoisotopic (exact) mass is 298 g/mol. The third kappa shape index (κ3) is 1.70. The molecule has 108 valence electrons. The van der Waals surface area contributed by atoms with Crippen molar-refractivity contribution in [3.05, 3.63) is 60.2 Å². The van der Waals surface area contributed by atoms with Crippen molar-refractivity contribution < 1.29 is 18.0 Å². The summed E-state index contributed by atoms with van der Waals surface area (Å²) >= 11 is 0. The van der Waals surface area contributed by atoms with Gasteiger partial charge in [-0.2, -0.15) is 13.2 Å². The molecule has 4 heteroatoms. The molecular formula is C18H9F3O. The van der Waals surface area contributed by atoms with E-state index in [1.807, 2.05) is 30.3 Å². The molecule has 0 saturated heterocycles. The molecule has 0 bridgehead atoms. The Bertz CT molecular complexity index is 1020. The second-order valence-corrected chi connectivity index (χ2v) is 5.30. The maximum absolute atomic E-state index is 12.8. The summed E-state index contributed by atoms with van der Waals surface area (Å²) in [7, 11) is 0. The van der Waals surface area contributed by atoms with E-state index in [9.17, 15) is 18.0 Å². The van der Waals surface area contributed by atoms with Gasteiger partial charge in [0.05, 0.1) is 0 Å². The molecule has 0 fully saturated rings. The van der Waals surface area contributed by atoms with E-state index in [2.05, 4.69) is 0 Å². The molecule has 0 aliphatic heterocycles. The highest BCUT2D eigenvalue weighted by atomic mass is 19.4. The smallest absolute Gasteiger partial charge is 0.284 e. The van der Waals surface area contributed by atoms with Gasteiger partial charge in [0.1, 0.15) is 0 Å². The third-order valence-corrected chi connectivity index (χ3v) is 4.03. The van der Waals surface area contributed by atoms with Crippen LogP contribution >= 0.6 is 0 Å². The van der Waals surface area contributed by atoms with Crippen LogP contribution in [0, 0.1) is 0 Å². The van der Waals surface area contributed by atoms with Crippen LogP contribution in [-0.2, 0) is 0 Å². The lowest BCUT2D eigenvalue weighted by atomic mass is 9.91. The van der Waals surface area contributed by atoms with Crippen LogP contribution in [0.15, 0.2) is 54.6 Å². The van der Waals surface area contributed by atoms with Crippen molar-refractivity contribution in [3.63, 3.8) is 0 Å². The van der Waals surface area contributed by atoms with Crippen LogP contribution in [0.1, 0.15) is 10.4 Å². The van der Waals surface area contributed by atoms with Gasteiger partial charge in [0.2, 0.25) is 0 Å². The van der Waals surface area contributed by atoms with Crippen LogP contribution in [0.25, 0.3) is 32.3 Å². The number of alkyl halides is 3. The van der Waals surface area contributed by atoms with Crippen LogP contribution in [0.4, 0.5) is 13.2 Å². The summed E-state index contributed by atoms with van der Waals surface area (Å²) in [5.74, 6) is -1.80. The van der Waals surface area contributed by atoms with Gasteiger partial charge in [0.15, 0.2) is 0 Å². The van der Waals surface area contributed by atoms with E-state index >= 15 is 0 Å². The highest BCUT2D eigenvalue weighted by molar-refractivity contribution is 6.26. The van der Waals surface area contributed by atoms with E-state index in [-0.39, 0.29) is 5.56 Å². The zero-order chi connectivity index (χ0) is 15.5. The largest absolute Gasteiger partial charge is 0.454 e. The lowest BCUT2D eigenvalue weighted by Crippen LogP contribution is -2.22. The zero-order valence-corrected chi connectivity index (χ0v) is 11.2. The highest BCUT2D eigenvalue weighted by Crippen LogP contribution is 2.37. The number of rotatable bonds is 1. The number of benzene rings is 4. The molecule has 0 unspecified atom stereocenters. The standard InChI is InChI=1S/C18H9F3O/c19-18(20,21)17(22)14-9-7-12-5-4-10-2-1-3-11-6-8-13(14)16(12)15(10)11/h1-9H. The Hall–Kier alpha value is -2.62. The summed E-state index contributed by atoms with van der Waals surface area (Å²) in [4.78, 5) is 11.7. The van der Waals surface area contributed by atoms with Gasteiger partial charge >= 0.3 is 6.18 Å². The summed E-state index contributed by atoms with van der Waals surface area (Å²) in [6.45, 7) is 0. The van der Waals surface area contributed by atoms with Gasteiger partial charge in [0.25, 0.3) is 5.78 Å². The SMILES string of the molecule is O=C(c1ccc2ccc3cccc4ccc1c2c34)C(F)(F)F. The number of carbonyl (C=O) groups excluding carboxylic acids is 1. The quantitative estimate of drug-likeness (QED) is 0.343. The van der Waals surface area contributed by atoms with Crippen LogP contribution in [0.2, 0.25) is 0 Å². The van der Waals surface area contributed by atoms with Crippen molar-refractivity contribution >= 4 is 38.1 Å². The molecule has 0 saturated carbocycles. The van der Waals surface area contributed by atoms with Crippen LogP contribution < -0.4 is 0 Å². The molecule has 0 heterocycles. The number of carbonyl (C=O) groups is 1. The Kier molecular flexibility index (Phi) is 2.49. The molecule has 4 rings (SSSR count). The van der Waals surface area contributed by atoms with Gasteiger partial charge in [0, 0.05) is 5.56 Å². The van der Waals surface area contributed by atoms with Gasteiger partial charge in [-0.25, -0.2) is 0 Å². The molecule has 0 spiro atoms. The maximum atomic E-state index is 12.8. The summed E-state index contributed by atoms with van der Waals surface area (Å²) < 4.78 is 38.4. The molecular weight excluding hydrogens is 289 g/mol. The number of hydrogen-bond acceptors (Lipinski definition) is 1. The minimum absolute atomic E-state index is 0.293. The molecule has 0 radical (unpaired) electrons.